The van der Waals surface area contributed by atoms with E-state index in [1.54, 1.807) is 0 Å². The van der Waals surface area contributed by atoms with Gasteiger partial charge in [-0.1, -0.05) is 12.1 Å². The third kappa shape index (κ3) is 4.03. The van der Waals surface area contributed by atoms with E-state index in [0.29, 0.717) is 18.4 Å². The van der Waals surface area contributed by atoms with E-state index < -0.39 is 23.8 Å². The Bertz CT molecular complexity index is 401. The highest BCUT2D eigenvalue weighted by Gasteiger charge is 2.29. The molecule has 0 aliphatic rings. The molecule has 1 rings (SSSR count). The standard InChI is InChI=1S/C12H14F3NO2/c1-16-10(11(17)18)7-4-8-2-5-9(6-3-8)12(13,14)15/h2-3,5-6,10,16H,4,7H2,1H3,(H,17,18). The number of carboxylic acids is 1. The molecule has 6 heteroatoms. The van der Waals surface area contributed by atoms with Crippen LogP contribution in [0.4, 0.5) is 13.2 Å². The molecule has 0 saturated heterocycles. The van der Waals surface area contributed by atoms with Gasteiger partial charge in [0.2, 0.25) is 0 Å². The highest BCUT2D eigenvalue weighted by molar-refractivity contribution is 5.73. The summed E-state index contributed by atoms with van der Waals surface area (Å²) in [4.78, 5) is 10.7. The van der Waals surface area contributed by atoms with Crippen LogP contribution in [-0.4, -0.2) is 24.2 Å². The molecule has 0 amide bonds. The largest absolute Gasteiger partial charge is 0.480 e. The van der Waals surface area contributed by atoms with Crippen molar-refractivity contribution in [2.24, 2.45) is 0 Å². The first-order valence-corrected chi connectivity index (χ1v) is 5.41. The molecule has 3 nitrogen and oxygen atoms in total. The van der Waals surface area contributed by atoms with E-state index in [0.717, 1.165) is 12.1 Å². The fourth-order valence-electron chi connectivity index (χ4n) is 1.56. The first-order valence-electron chi connectivity index (χ1n) is 5.41. The average Bonchev–Trinajstić information content (AvgIpc) is 2.29. The van der Waals surface area contributed by atoms with Crippen LogP contribution in [0.5, 0.6) is 0 Å². The van der Waals surface area contributed by atoms with Gasteiger partial charge in [-0.15, -0.1) is 0 Å². The first kappa shape index (κ1) is 14.5. The van der Waals surface area contributed by atoms with Crippen LogP contribution in [0.2, 0.25) is 0 Å². The van der Waals surface area contributed by atoms with Crippen molar-refractivity contribution in [2.75, 3.05) is 7.05 Å². The number of alkyl halides is 3. The van der Waals surface area contributed by atoms with Gasteiger partial charge in [-0.25, -0.2) is 0 Å². The van der Waals surface area contributed by atoms with Gasteiger partial charge in [0.05, 0.1) is 5.56 Å². The number of benzene rings is 1. The van der Waals surface area contributed by atoms with E-state index in [2.05, 4.69) is 5.32 Å². The summed E-state index contributed by atoms with van der Waals surface area (Å²) in [5.74, 6) is -0.968. The molecule has 0 heterocycles. The van der Waals surface area contributed by atoms with E-state index in [4.69, 9.17) is 5.11 Å². The number of hydrogen-bond donors (Lipinski definition) is 2. The number of nitrogens with one attached hydrogen (secondary N) is 1. The number of aliphatic carboxylic acids is 1. The van der Waals surface area contributed by atoms with Crippen molar-refractivity contribution in [2.45, 2.75) is 25.1 Å². The van der Waals surface area contributed by atoms with E-state index in [1.165, 1.54) is 19.2 Å². The summed E-state index contributed by atoms with van der Waals surface area (Å²) < 4.78 is 36.9. The molecule has 0 bridgehead atoms. The molecule has 0 radical (unpaired) electrons. The van der Waals surface area contributed by atoms with Crippen molar-refractivity contribution in [3.8, 4) is 0 Å². The van der Waals surface area contributed by atoms with Crippen molar-refractivity contribution in [3.63, 3.8) is 0 Å². The van der Waals surface area contributed by atoms with Crippen LogP contribution >= 0.6 is 0 Å². The summed E-state index contributed by atoms with van der Waals surface area (Å²) in [7, 11) is 1.53. The summed E-state index contributed by atoms with van der Waals surface area (Å²) in [5.41, 5.74) is -0.0147. The molecule has 0 fully saturated rings. The summed E-state index contributed by atoms with van der Waals surface area (Å²) in [6.07, 6.45) is -3.60. The molecule has 18 heavy (non-hydrogen) atoms. The Morgan fingerprint density at radius 1 is 1.33 bits per heavy atom. The molecule has 0 aliphatic carbocycles. The van der Waals surface area contributed by atoms with E-state index in [1.807, 2.05) is 0 Å². The molecule has 2 N–H and O–H groups in total. The minimum atomic E-state index is -4.34. The smallest absolute Gasteiger partial charge is 0.416 e. The summed E-state index contributed by atoms with van der Waals surface area (Å²) >= 11 is 0. The average molecular weight is 261 g/mol. The zero-order valence-corrected chi connectivity index (χ0v) is 9.79. The number of carboxylic acid groups (broad SMARTS) is 1. The van der Waals surface area contributed by atoms with Crippen molar-refractivity contribution >= 4 is 5.97 Å². The topological polar surface area (TPSA) is 49.3 Å². The molecular weight excluding hydrogens is 247 g/mol. The Kier molecular flexibility index (Phi) is 4.72. The number of carbonyl (C=O) groups is 1. The third-order valence-electron chi connectivity index (χ3n) is 2.65. The number of likely N-dealkylation sites (N-methyl/N-ethyl adjacent to an activating group) is 1. The van der Waals surface area contributed by atoms with Crippen LogP contribution < -0.4 is 5.32 Å². The summed E-state index contributed by atoms with van der Waals surface area (Å²) in [5, 5.41) is 11.4. The quantitative estimate of drug-likeness (QED) is 0.855. The minimum absolute atomic E-state index is 0.331. The van der Waals surface area contributed by atoms with Gasteiger partial charge in [0.15, 0.2) is 0 Å². The fraction of sp³-hybridized carbons (Fsp3) is 0.417. The van der Waals surface area contributed by atoms with E-state index >= 15 is 0 Å². The molecule has 1 aromatic carbocycles. The maximum atomic E-state index is 12.3. The van der Waals surface area contributed by atoms with Crippen LogP contribution in [0.15, 0.2) is 24.3 Å². The highest BCUT2D eigenvalue weighted by Crippen LogP contribution is 2.29. The maximum Gasteiger partial charge on any atom is 0.416 e. The number of rotatable bonds is 5. The van der Waals surface area contributed by atoms with Gasteiger partial charge in [0.25, 0.3) is 0 Å². The first-order chi connectivity index (χ1) is 8.34. The SMILES string of the molecule is CNC(CCc1ccc(C(F)(F)F)cc1)C(=O)O. The van der Waals surface area contributed by atoms with Gasteiger partial charge in [0.1, 0.15) is 6.04 Å². The van der Waals surface area contributed by atoms with Gasteiger partial charge < -0.3 is 10.4 Å². The van der Waals surface area contributed by atoms with E-state index in [-0.39, 0.29) is 0 Å². The van der Waals surface area contributed by atoms with Crippen molar-refractivity contribution < 1.29 is 23.1 Å². The van der Waals surface area contributed by atoms with Gasteiger partial charge in [-0.3, -0.25) is 4.79 Å². The molecule has 0 spiro atoms. The maximum absolute atomic E-state index is 12.3. The molecule has 0 aromatic heterocycles. The van der Waals surface area contributed by atoms with Crippen LogP contribution in [-0.2, 0) is 17.4 Å². The minimum Gasteiger partial charge on any atom is -0.480 e. The number of aryl methyl sites for hydroxylation is 1. The number of halogens is 3. The molecule has 0 aliphatic heterocycles. The highest BCUT2D eigenvalue weighted by atomic mass is 19.4. The van der Waals surface area contributed by atoms with Gasteiger partial charge in [0, 0.05) is 0 Å². The Labute approximate surface area is 103 Å². The second-order valence-corrected chi connectivity index (χ2v) is 3.91. The van der Waals surface area contributed by atoms with Crippen molar-refractivity contribution in [1.82, 2.24) is 5.32 Å². The molecule has 100 valence electrons. The second kappa shape index (κ2) is 5.86. The van der Waals surface area contributed by atoms with Gasteiger partial charge >= 0.3 is 12.1 Å². The van der Waals surface area contributed by atoms with Gasteiger partial charge in [-0.05, 0) is 37.6 Å². The fourth-order valence-corrected chi connectivity index (χ4v) is 1.56. The summed E-state index contributed by atoms with van der Waals surface area (Å²) in [6.45, 7) is 0. The monoisotopic (exact) mass is 261 g/mol. The molecular formula is C12H14F3NO2. The van der Waals surface area contributed by atoms with Crippen molar-refractivity contribution in [1.29, 1.82) is 0 Å². The lowest BCUT2D eigenvalue weighted by Crippen LogP contribution is -2.34. The Morgan fingerprint density at radius 3 is 2.28 bits per heavy atom. The molecule has 1 aromatic rings. The second-order valence-electron chi connectivity index (χ2n) is 3.91. The Hall–Kier alpha value is -1.56. The van der Waals surface area contributed by atoms with E-state index in [9.17, 15) is 18.0 Å². The predicted octanol–water partition coefficient (Wildman–Crippen LogP) is 2.31. The lowest BCUT2D eigenvalue weighted by molar-refractivity contribution is -0.139. The number of hydrogen-bond acceptors (Lipinski definition) is 2. The molecule has 0 saturated carbocycles. The van der Waals surface area contributed by atoms with Crippen LogP contribution in [0.25, 0.3) is 0 Å². The Balaban J connectivity index is 2.62. The molecule has 1 unspecified atom stereocenters. The lowest BCUT2D eigenvalue weighted by atomic mass is 10.0. The zero-order chi connectivity index (χ0) is 13.8. The van der Waals surface area contributed by atoms with Crippen LogP contribution in [0, 0.1) is 0 Å². The van der Waals surface area contributed by atoms with Crippen LogP contribution in [0.1, 0.15) is 17.5 Å². The molecule has 1 atom stereocenters. The zero-order valence-electron chi connectivity index (χ0n) is 9.79. The third-order valence-corrected chi connectivity index (χ3v) is 2.65. The van der Waals surface area contributed by atoms with Crippen molar-refractivity contribution in [3.05, 3.63) is 35.4 Å². The predicted molar refractivity (Wildman–Crippen MR) is 60.2 cm³/mol. The van der Waals surface area contributed by atoms with Crippen LogP contribution in [0.3, 0.4) is 0 Å². The normalized spacial score (nSPS) is 13.3. The van der Waals surface area contributed by atoms with Gasteiger partial charge in [-0.2, -0.15) is 13.2 Å². The Morgan fingerprint density at radius 2 is 1.89 bits per heavy atom. The lowest BCUT2D eigenvalue weighted by Gasteiger charge is -2.11. The summed E-state index contributed by atoms with van der Waals surface area (Å²) in [6, 6.07) is 4.07.